The first-order chi connectivity index (χ1) is 11.2. The van der Waals surface area contributed by atoms with Crippen molar-refractivity contribution in [1.29, 1.82) is 0 Å². The van der Waals surface area contributed by atoms with E-state index in [1.807, 2.05) is 0 Å². The molecule has 10 heteroatoms. The van der Waals surface area contributed by atoms with Gasteiger partial charge in [-0.3, -0.25) is 24.0 Å². The average molecular weight is 342 g/mol. The largest absolute Gasteiger partial charge is 0.480 e. The topological polar surface area (TPSA) is 150 Å². The summed E-state index contributed by atoms with van der Waals surface area (Å²) in [7, 11) is 0. The van der Waals surface area contributed by atoms with Crippen molar-refractivity contribution in [3.63, 3.8) is 0 Å². The fraction of sp³-hybridized carbons (Fsp3) is 0.500. The van der Waals surface area contributed by atoms with Gasteiger partial charge in [-0.15, -0.1) is 0 Å². The molecule has 0 unspecified atom stereocenters. The first-order valence-corrected chi connectivity index (χ1v) is 7.17. The molecule has 1 fully saturated rings. The molecule has 0 bridgehead atoms. The number of carbonyl (C=O) groups is 5. The number of nitrogens with two attached hydrogens (primary N) is 1. The average Bonchev–Trinajstić information content (AvgIpc) is 2.54. The molecule has 1 aliphatic rings. The minimum Gasteiger partial charge on any atom is -0.480 e. The lowest BCUT2D eigenvalue weighted by Gasteiger charge is -2.33. The first kappa shape index (κ1) is 21.1. The molecule has 1 heterocycles. The molecule has 4 N–H and O–H groups in total. The van der Waals surface area contributed by atoms with E-state index in [9.17, 15) is 24.0 Å². The fourth-order valence-electron chi connectivity index (χ4n) is 1.60. The van der Waals surface area contributed by atoms with E-state index in [1.54, 1.807) is 6.92 Å². The Morgan fingerprint density at radius 1 is 1.33 bits per heavy atom. The standard InChI is InChI=1S/C11H15N3O5.C3H7NO/c1-2-8(15)12-5-9(16)13-3-4-14(7-11(18)19)10(17)6-13;1-2-3(4)5/h2H,1,3-7H2,(H,12,15)(H,18,19);2H2,1H3,(H2,4,5). The Balaban J connectivity index is 0.000000922. The summed E-state index contributed by atoms with van der Waals surface area (Å²) in [6.07, 6.45) is 1.49. The van der Waals surface area contributed by atoms with Crippen LogP contribution in [0.15, 0.2) is 12.7 Å². The molecule has 0 aromatic rings. The van der Waals surface area contributed by atoms with Gasteiger partial charge in [-0.1, -0.05) is 13.5 Å². The van der Waals surface area contributed by atoms with E-state index in [0.29, 0.717) is 6.42 Å². The molecular weight excluding hydrogens is 320 g/mol. The van der Waals surface area contributed by atoms with Gasteiger partial charge in [0.1, 0.15) is 6.54 Å². The minimum atomic E-state index is -1.09. The molecule has 0 aromatic carbocycles. The second kappa shape index (κ2) is 10.8. The van der Waals surface area contributed by atoms with Gasteiger partial charge in [-0.2, -0.15) is 0 Å². The molecule has 24 heavy (non-hydrogen) atoms. The Bertz CT molecular complexity index is 519. The maximum Gasteiger partial charge on any atom is 0.323 e. The molecule has 134 valence electrons. The van der Waals surface area contributed by atoms with Crippen LogP contribution in [0.5, 0.6) is 0 Å². The molecule has 0 aromatic heterocycles. The Morgan fingerprint density at radius 2 is 1.92 bits per heavy atom. The summed E-state index contributed by atoms with van der Waals surface area (Å²) in [6.45, 7) is 4.65. The lowest BCUT2D eigenvalue weighted by molar-refractivity contribution is -0.150. The van der Waals surface area contributed by atoms with Crippen LogP contribution in [0.2, 0.25) is 0 Å². The zero-order valence-electron chi connectivity index (χ0n) is 13.5. The Kier molecular flexibility index (Phi) is 9.45. The molecule has 0 aliphatic carbocycles. The lowest BCUT2D eigenvalue weighted by atomic mass is 10.3. The van der Waals surface area contributed by atoms with Gasteiger partial charge in [0.2, 0.25) is 23.6 Å². The third kappa shape index (κ3) is 8.51. The van der Waals surface area contributed by atoms with E-state index < -0.39 is 23.7 Å². The van der Waals surface area contributed by atoms with E-state index in [2.05, 4.69) is 17.6 Å². The normalized spacial score (nSPS) is 13.5. The number of carboxylic acid groups (broad SMARTS) is 1. The van der Waals surface area contributed by atoms with Crippen molar-refractivity contribution in [3.8, 4) is 0 Å². The van der Waals surface area contributed by atoms with Crippen molar-refractivity contribution in [3.05, 3.63) is 12.7 Å². The zero-order valence-corrected chi connectivity index (χ0v) is 13.5. The summed E-state index contributed by atoms with van der Waals surface area (Å²) >= 11 is 0. The smallest absolute Gasteiger partial charge is 0.323 e. The molecule has 0 saturated carbocycles. The number of primary amides is 1. The van der Waals surface area contributed by atoms with Crippen molar-refractivity contribution >= 4 is 29.6 Å². The third-order valence-electron chi connectivity index (χ3n) is 2.95. The van der Waals surface area contributed by atoms with Crippen LogP contribution in [0.3, 0.4) is 0 Å². The number of carboxylic acids is 1. The predicted molar refractivity (Wildman–Crippen MR) is 83.5 cm³/mol. The van der Waals surface area contributed by atoms with Crippen LogP contribution in [0.25, 0.3) is 0 Å². The number of rotatable bonds is 6. The third-order valence-corrected chi connectivity index (χ3v) is 2.95. The van der Waals surface area contributed by atoms with Crippen LogP contribution in [-0.2, 0) is 24.0 Å². The molecule has 0 radical (unpaired) electrons. The highest BCUT2D eigenvalue weighted by Crippen LogP contribution is 2.03. The molecular formula is C14H22N4O6. The fourth-order valence-corrected chi connectivity index (χ4v) is 1.60. The van der Waals surface area contributed by atoms with E-state index in [4.69, 9.17) is 5.11 Å². The molecule has 0 spiro atoms. The van der Waals surface area contributed by atoms with Crippen LogP contribution in [0.4, 0.5) is 0 Å². The van der Waals surface area contributed by atoms with Gasteiger partial charge in [0, 0.05) is 19.5 Å². The minimum absolute atomic E-state index is 0.171. The number of nitrogens with one attached hydrogen (secondary N) is 1. The number of hydrogen-bond acceptors (Lipinski definition) is 5. The van der Waals surface area contributed by atoms with Gasteiger partial charge in [0.05, 0.1) is 13.1 Å². The monoisotopic (exact) mass is 342 g/mol. The number of carbonyl (C=O) groups excluding carboxylic acids is 4. The van der Waals surface area contributed by atoms with Crippen LogP contribution in [0.1, 0.15) is 13.3 Å². The summed E-state index contributed by atoms with van der Waals surface area (Å²) in [5.74, 6) is -2.61. The summed E-state index contributed by atoms with van der Waals surface area (Å²) in [4.78, 5) is 56.7. The molecule has 1 rings (SSSR count). The predicted octanol–water partition coefficient (Wildman–Crippen LogP) is -2.07. The highest BCUT2D eigenvalue weighted by molar-refractivity contribution is 5.92. The van der Waals surface area contributed by atoms with E-state index >= 15 is 0 Å². The molecule has 4 amide bonds. The van der Waals surface area contributed by atoms with Crippen LogP contribution >= 0.6 is 0 Å². The zero-order chi connectivity index (χ0) is 18.7. The van der Waals surface area contributed by atoms with Crippen molar-refractivity contribution in [2.75, 3.05) is 32.7 Å². The van der Waals surface area contributed by atoms with Gasteiger partial charge in [-0.05, 0) is 6.08 Å². The SMILES string of the molecule is C=CC(=O)NCC(=O)N1CCN(CC(=O)O)C(=O)C1.CCC(N)=O. The van der Waals surface area contributed by atoms with Crippen LogP contribution in [0, 0.1) is 0 Å². The van der Waals surface area contributed by atoms with Crippen molar-refractivity contribution in [2.24, 2.45) is 5.73 Å². The highest BCUT2D eigenvalue weighted by atomic mass is 16.4. The maximum absolute atomic E-state index is 11.7. The van der Waals surface area contributed by atoms with E-state index in [-0.39, 0.29) is 38.6 Å². The van der Waals surface area contributed by atoms with Gasteiger partial charge >= 0.3 is 5.97 Å². The number of nitrogens with zero attached hydrogens (tertiary/aromatic N) is 2. The number of piperazine rings is 1. The second-order valence-electron chi connectivity index (χ2n) is 4.77. The van der Waals surface area contributed by atoms with Crippen molar-refractivity contribution in [2.45, 2.75) is 13.3 Å². The number of hydrogen-bond donors (Lipinski definition) is 3. The van der Waals surface area contributed by atoms with Gasteiger partial charge in [0.15, 0.2) is 0 Å². The number of aliphatic carboxylic acids is 1. The van der Waals surface area contributed by atoms with Gasteiger partial charge in [0.25, 0.3) is 0 Å². The van der Waals surface area contributed by atoms with Gasteiger partial charge in [-0.25, -0.2) is 0 Å². The first-order valence-electron chi connectivity index (χ1n) is 7.17. The van der Waals surface area contributed by atoms with Crippen molar-refractivity contribution < 1.29 is 29.1 Å². The Morgan fingerprint density at radius 3 is 2.33 bits per heavy atom. The summed E-state index contributed by atoms with van der Waals surface area (Å²) in [5, 5.41) is 10.9. The van der Waals surface area contributed by atoms with Crippen LogP contribution < -0.4 is 11.1 Å². The summed E-state index contributed by atoms with van der Waals surface area (Å²) < 4.78 is 0. The molecule has 1 saturated heterocycles. The summed E-state index contributed by atoms with van der Waals surface area (Å²) in [6, 6.07) is 0. The second-order valence-corrected chi connectivity index (χ2v) is 4.77. The quantitative estimate of drug-likeness (QED) is 0.472. The lowest BCUT2D eigenvalue weighted by Crippen LogP contribution is -2.55. The highest BCUT2D eigenvalue weighted by Gasteiger charge is 2.27. The Labute approximate surface area is 139 Å². The van der Waals surface area contributed by atoms with E-state index in [0.717, 1.165) is 6.08 Å². The van der Waals surface area contributed by atoms with Gasteiger partial charge < -0.3 is 26.0 Å². The summed E-state index contributed by atoms with van der Waals surface area (Å²) in [5.41, 5.74) is 4.65. The molecule has 0 atom stereocenters. The Hall–Kier alpha value is -2.91. The molecule has 1 aliphatic heterocycles. The number of amides is 4. The van der Waals surface area contributed by atoms with Crippen LogP contribution in [-0.4, -0.2) is 77.2 Å². The van der Waals surface area contributed by atoms with Crippen molar-refractivity contribution in [1.82, 2.24) is 15.1 Å². The molecule has 10 nitrogen and oxygen atoms in total. The maximum atomic E-state index is 11.7. The van der Waals surface area contributed by atoms with E-state index in [1.165, 1.54) is 9.80 Å².